The first-order valence-corrected chi connectivity index (χ1v) is 8.28. The normalized spacial score (nSPS) is 21.0. The van der Waals surface area contributed by atoms with Gasteiger partial charge in [0.05, 0.1) is 0 Å². The maximum absolute atomic E-state index is 6.08. The number of nitrogens with two attached hydrogens (primary N) is 1. The Balaban J connectivity index is 1.79. The molecule has 2 unspecified atom stereocenters. The standard InChI is InChI=1S/C18H25N5/c1-13-11-17(21-15-8-6-7-14(19)12-15)22-18(20-13)23(2)16-9-4-3-5-10-16/h3-5,9-11,14-15H,6-8,12,19H2,1-2H3,(H,20,21,22). The number of nitrogens with one attached hydrogen (secondary N) is 1. The molecule has 1 saturated carbocycles. The van der Waals surface area contributed by atoms with Crippen LogP contribution in [0, 0.1) is 6.92 Å². The third-order valence-corrected chi connectivity index (χ3v) is 4.35. The van der Waals surface area contributed by atoms with Crippen molar-refractivity contribution in [3.8, 4) is 0 Å². The van der Waals surface area contributed by atoms with E-state index in [0.29, 0.717) is 18.0 Å². The molecular formula is C18H25N5. The molecule has 5 nitrogen and oxygen atoms in total. The third kappa shape index (κ3) is 3.99. The van der Waals surface area contributed by atoms with E-state index in [-0.39, 0.29) is 0 Å². The summed E-state index contributed by atoms with van der Waals surface area (Å²) in [6.07, 6.45) is 4.47. The van der Waals surface area contributed by atoms with Gasteiger partial charge in [-0.3, -0.25) is 0 Å². The van der Waals surface area contributed by atoms with Gasteiger partial charge in [-0.15, -0.1) is 0 Å². The van der Waals surface area contributed by atoms with Crippen molar-refractivity contribution in [1.29, 1.82) is 0 Å². The lowest BCUT2D eigenvalue weighted by Gasteiger charge is -2.28. The summed E-state index contributed by atoms with van der Waals surface area (Å²) >= 11 is 0. The van der Waals surface area contributed by atoms with Gasteiger partial charge in [0.1, 0.15) is 5.82 Å². The Bertz CT molecular complexity index is 643. The molecule has 2 atom stereocenters. The van der Waals surface area contributed by atoms with Crippen molar-refractivity contribution in [2.24, 2.45) is 5.73 Å². The Labute approximate surface area is 137 Å². The number of hydrogen-bond acceptors (Lipinski definition) is 5. The van der Waals surface area contributed by atoms with Crippen LogP contribution in [-0.4, -0.2) is 29.1 Å². The van der Waals surface area contributed by atoms with Crippen LogP contribution in [0.5, 0.6) is 0 Å². The third-order valence-electron chi connectivity index (χ3n) is 4.35. The number of anilines is 3. The second-order valence-corrected chi connectivity index (χ2v) is 6.36. The summed E-state index contributed by atoms with van der Waals surface area (Å²) in [7, 11) is 1.99. The molecule has 1 aromatic carbocycles. The van der Waals surface area contributed by atoms with Crippen molar-refractivity contribution in [1.82, 2.24) is 9.97 Å². The minimum absolute atomic E-state index is 0.302. The highest BCUT2D eigenvalue weighted by molar-refractivity contribution is 5.57. The van der Waals surface area contributed by atoms with Crippen LogP contribution in [0.2, 0.25) is 0 Å². The van der Waals surface area contributed by atoms with Crippen LogP contribution in [0.15, 0.2) is 36.4 Å². The van der Waals surface area contributed by atoms with E-state index in [1.54, 1.807) is 0 Å². The van der Waals surface area contributed by atoms with Crippen molar-refractivity contribution in [2.75, 3.05) is 17.3 Å². The number of aryl methyl sites for hydroxylation is 1. The van der Waals surface area contributed by atoms with Crippen LogP contribution in [0.1, 0.15) is 31.4 Å². The van der Waals surface area contributed by atoms with Crippen LogP contribution >= 0.6 is 0 Å². The van der Waals surface area contributed by atoms with Gasteiger partial charge in [0.2, 0.25) is 5.95 Å². The van der Waals surface area contributed by atoms with Gasteiger partial charge in [-0.2, -0.15) is 4.98 Å². The van der Waals surface area contributed by atoms with Crippen molar-refractivity contribution < 1.29 is 0 Å². The van der Waals surface area contributed by atoms with Gasteiger partial charge in [-0.1, -0.05) is 18.2 Å². The molecule has 5 heteroatoms. The highest BCUT2D eigenvalue weighted by atomic mass is 15.3. The first-order valence-electron chi connectivity index (χ1n) is 8.28. The van der Waals surface area contributed by atoms with Gasteiger partial charge in [-0.05, 0) is 44.7 Å². The van der Waals surface area contributed by atoms with Crippen LogP contribution < -0.4 is 16.0 Å². The zero-order chi connectivity index (χ0) is 16.2. The summed E-state index contributed by atoms with van der Waals surface area (Å²) in [5.74, 6) is 1.59. The minimum atomic E-state index is 0.302. The SMILES string of the molecule is Cc1cc(NC2CCCC(N)C2)nc(N(C)c2ccccc2)n1. The van der Waals surface area contributed by atoms with Crippen molar-refractivity contribution in [3.63, 3.8) is 0 Å². The smallest absolute Gasteiger partial charge is 0.231 e. The molecule has 0 saturated heterocycles. The van der Waals surface area contributed by atoms with Gasteiger partial charge >= 0.3 is 0 Å². The summed E-state index contributed by atoms with van der Waals surface area (Å²) in [6.45, 7) is 2.00. The molecule has 1 aromatic heterocycles. The fourth-order valence-corrected chi connectivity index (χ4v) is 3.11. The lowest BCUT2D eigenvalue weighted by molar-refractivity contribution is 0.409. The summed E-state index contributed by atoms with van der Waals surface area (Å²) in [5.41, 5.74) is 8.11. The number of benzene rings is 1. The maximum Gasteiger partial charge on any atom is 0.231 e. The lowest BCUT2D eigenvalue weighted by Crippen LogP contribution is -2.35. The number of rotatable bonds is 4. The topological polar surface area (TPSA) is 67.1 Å². The molecule has 0 amide bonds. The Hall–Kier alpha value is -2.14. The first-order chi connectivity index (χ1) is 11.1. The molecular weight excluding hydrogens is 286 g/mol. The highest BCUT2D eigenvalue weighted by Gasteiger charge is 2.20. The predicted octanol–water partition coefficient (Wildman–Crippen LogP) is 3.23. The van der Waals surface area contributed by atoms with Crippen molar-refractivity contribution >= 4 is 17.5 Å². The Morgan fingerprint density at radius 2 is 1.96 bits per heavy atom. The number of nitrogens with zero attached hydrogens (tertiary/aromatic N) is 3. The fraction of sp³-hybridized carbons (Fsp3) is 0.444. The van der Waals surface area contributed by atoms with Crippen LogP contribution in [0.4, 0.5) is 17.5 Å². The van der Waals surface area contributed by atoms with Gasteiger partial charge in [0, 0.05) is 36.6 Å². The zero-order valence-corrected chi connectivity index (χ0v) is 13.9. The second-order valence-electron chi connectivity index (χ2n) is 6.36. The van der Waals surface area contributed by atoms with Gasteiger partial charge in [0.15, 0.2) is 0 Å². The highest BCUT2D eigenvalue weighted by Crippen LogP contribution is 2.24. The van der Waals surface area contributed by atoms with E-state index in [2.05, 4.69) is 22.4 Å². The van der Waals surface area contributed by atoms with E-state index in [4.69, 9.17) is 10.7 Å². The van der Waals surface area contributed by atoms with Crippen molar-refractivity contribution in [2.45, 2.75) is 44.7 Å². The molecule has 0 radical (unpaired) electrons. The second kappa shape index (κ2) is 6.96. The lowest BCUT2D eigenvalue weighted by atomic mass is 9.92. The van der Waals surface area contributed by atoms with Gasteiger partial charge < -0.3 is 16.0 Å². The van der Waals surface area contributed by atoms with Crippen LogP contribution in [0.25, 0.3) is 0 Å². The summed E-state index contributed by atoms with van der Waals surface area (Å²) in [4.78, 5) is 11.3. The summed E-state index contributed by atoms with van der Waals surface area (Å²) in [6, 6.07) is 12.9. The largest absolute Gasteiger partial charge is 0.367 e. The first kappa shape index (κ1) is 15.7. The van der Waals surface area contributed by atoms with E-state index in [0.717, 1.165) is 36.5 Å². The molecule has 3 rings (SSSR count). The molecule has 0 spiro atoms. The van der Waals surface area contributed by atoms with Crippen LogP contribution in [0.3, 0.4) is 0 Å². The Morgan fingerprint density at radius 3 is 2.70 bits per heavy atom. The molecule has 1 heterocycles. The monoisotopic (exact) mass is 311 g/mol. The molecule has 23 heavy (non-hydrogen) atoms. The quantitative estimate of drug-likeness (QED) is 0.907. The van der Waals surface area contributed by atoms with E-state index in [1.807, 2.05) is 43.1 Å². The summed E-state index contributed by atoms with van der Waals surface area (Å²) in [5, 5.41) is 3.54. The molecule has 1 aliphatic rings. The molecule has 1 fully saturated rings. The van der Waals surface area contributed by atoms with E-state index in [9.17, 15) is 0 Å². The fourth-order valence-electron chi connectivity index (χ4n) is 3.11. The molecule has 1 aliphatic carbocycles. The van der Waals surface area contributed by atoms with Crippen LogP contribution in [-0.2, 0) is 0 Å². The van der Waals surface area contributed by atoms with Gasteiger partial charge in [0.25, 0.3) is 0 Å². The Kier molecular flexibility index (Phi) is 4.76. The van der Waals surface area contributed by atoms with Crippen molar-refractivity contribution in [3.05, 3.63) is 42.1 Å². The predicted molar refractivity (Wildman–Crippen MR) is 95.1 cm³/mol. The van der Waals surface area contributed by atoms with E-state index >= 15 is 0 Å². The van der Waals surface area contributed by atoms with Gasteiger partial charge in [-0.25, -0.2) is 4.98 Å². The van der Waals surface area contributed by atoms with E-state index in [1.165, 1.54) is 6.42 Å². The molecule has 122 valence electrons. The van der Waals surface area contributed by atoms with E-state index < -0.39 is 0 Å². The number of aromatic nitrogens is 2. The number of para-hydroxylation sites is 1. The average Bonchev–Trinajstić information content (AvgIpc) is 2.54. The Morgan fingerprint density at radius 1 is 1.17 bits per heavy atom. The zero-order valence-electron chi connectivity index (χ0n) is 13.9. The molecule has 0 aliphatic heterocycles. The summed E-state index contributed by atoms with van der Waals surface area (Å²) < 4.78 is 0. The maximum atomic E-state index is 6.08. The minimum Gasteiger partial charge on any atom is -0.367 e. The average molecular weight is 311 g/mol. The number of hydrogen-bond donors (Lipinski definition) is 2. The molecule has 2 aromatic rings. The molecule has 0 bridgehead atoms. The molecule has 3 N–H and O–H groups in total.